The summed E-state index contributed by atoms with van der Waals surface area (Å²) in [6.45, 7) is 9.19. The number of hydrogen-bond acceptors (Lipinski definition) is 1. The quantitative estimate of drug-likeness (QED) is 0.736. The monoisotopic (exact) mass is 279 g/mol. The van der Waals surface area contributed by atoms with Gasteiger partial charge in [0.15, 0.2) is 0 Å². The number of anilines is 1. The lowest BCUT2D eigenvalue weighted by Gasteiger charge is -2.37. The maximum Gasteiger partial charge on any atom is 0.0455 e. The molecule has 0 aliphatic heterocycles. The summed E-state index contributed by atoms with van der Waals surface area (Å²) in [5.41, 5.74) is 2.82. The van der Waals surface area contributed by atoms with E-state index >= 15 is 0 Å². The van der Waals surface area contributed by atoms with E-state index in [-0.39, 0.29) is 0 Å². The number of rotatable bonds is 2. The first-order valence-corrected chi connectivity index (χ1v) is 7.77. The lowest BCUT2D eigenvalue weighted by Crippen LogP contribution is -2.31. The first-order chi connectivity index (χ1) is 8.88. The summed E-state index contributed by atoms with van der Waals surface area (Å²) in [6.07, 6.45) is 5.21. The van der Waals surface area contributed by atoms with E-state index in [4.69, 9.17) is 11.6 Å². The first-order valence-electron chi connectivity index (χ1n) is 7.39. The highest BCUT2D eigenvalue weighted by molar-refractivity contribution is 6.31. The highest BCUT2D eigenvalue weighted by Crippen LogP contribution is 2.38. The molecule has 19 heavy (non-hydrogen) atoms. The van der Waals surface area contributed by atoms with Gasteiger partial charge in [0.2, 0.25) is 0 Å². The van der Waals surface area contributed by atoms with E-state index in [1.54, 1.807) is 0 Å². The van der Waals surface area contributed by atoms with E-state index in [9.17, 15) is 0 Å². The molecular weight excluding hydrogens is 254 g/mol. The minimum absolute atomic E-state index is 0.455. The zero-order chi connectivity index (χ0) is 14.0. The highest BCUT2D eigenvalue weighted by atomic mass is 35.5. The Bertz CT molecular complexity index is 425. The predicted octanol–water partition coefficient (Wildman–Crippen LogP) is 5.67. The van der Waals surface area contributed by atoms with Crippen molar-refractivity contribution in [1.29, 1.82) is 0 Å². The Labute approximate surface area is 122 Å². The van der Waals surface area contributed by atoms with Crippen LogP contribution in [0.3, 0.4) is 0 Å². The van der Waals surface area contributed by atoms with Crippen molar-refractivity contribution in [2.75, 3.05) is 5.32 Å². The second kappa shape index (κ2) is 5.75. The van der Waals surface area contributed by atoms with E-state index in [0.717, 1.165) is 10.9 Å². The van der Waals surface area contributed by atoms with E-state index in [1.165, 1.54) is 36.9 Å². The Kier molecular flexibility index (Phi) is 4.45. The van der Waals surface area contributed by atoms with E-state index in [0.29, 0.717) is 11.5 Å². The molecular formula is C17H26ClN. The molecule has 0 bridgehead atoms. The minimum Gasteiger partial charge on any atom is -0.382 e. The molecule has 0 spiro atoms. The van der Waals surface area contributed by atoms with E-state index in [1.807, 2.05) is 12.1 Å². The van der Waals surface area contributed by atoms with Crippen molar-refractivity contribution < 1.29 is 0 Å². The van der Waals surface area contributed by atoms with Crippen LogP contribution in [-0.4, -0.2) is 6.04 Å². The SMILES string of the molecule is Cc1c(Cl)cccc1NC1CCC(C(C)(C)C)CC1. The fourth-order valence-corrected chi connectivity index (χ4v) is 3.26. The molecule has 0 amide bonds. The topological polar surface area (TPSA) is 12.0 Å². The van der Waals surface area contributed by atoms with Gasteiger partial charge >= 0.3 is 0 Å². The summed E-state index contributed by atoms with van der Waals surface area (Å²) in [4.78, 5) is 0. The van der Waals surface area contributed by atoms with Gasteiger partial charge in [-0.2, -0.15) is 0 Å². The Balaban J connectivity index is 1.94. The normalized spacial score (nSPS) is 24.3. The molecule has 0 aromatic heterocycles. The number of halogens is 1. The van der Waals surface area contributed by atoms with Crippen molar-refractivity contribution in [2.24, 2.45) is 11.3 Å². The van der Waals surface area contributed by atoms with Crippen molar-refractivity contribution >= 4 is 17.3 Å². The van der Waals surface area contributed by atoms with Gasteiger partial charge < -0.3 is 5.32 Å². The third-order valence-electron chi connectivity index (χ3n) is 4.58. The van der Waals surface area contributed by atoms with Gasteiger partial charge in [-0.1, -0.05) is 38.4 Å². The zero-order valence-corrected chi connectivity index (χ0v) is 13.3. The van der Waals surface area contributed by atoms with Crippen LogP contribution in [0.1, 0.15) is 52.0 Å². The Morgan fingerprint density at radius 1 is 1.11 bits per heavy atom. The molecule has 2 heteroatoms. The predicted molar refractivity (Wildman–Crippen MR) is 85.0 cm³/mol. The largest absolute Gasteiger partial charge is 0.382 e. The van der Waals surface area contributed by atoms with Crippen LogP contribution in [0, 0.1) is 18.3 Å². The van der Waals surface area contributed by atoms with Crippen LogP contribution in [0.25, 0.3) is 0 Å². The van der Waals surface area contributed by atoms with Crippen LogP contribution in [0.4, 0.5) is 5.69 Å². The molecule has 106 valence electrons. The van der Waals surface area contributed by atoms with Gasteiger partial charge in [-0.3, -0.25) is 0 Å². The summed E-state index contributed by atoms with van der Waals surface area (Å²) in [7, 11) is 0. The fourth-order valence-electron chi connectivity index (χ4n) is 3.09. The molecule has 1 nitrogen and oxygen atoms in total. The molecule has 1 aliphatic rings. The third-order valence-corrected chi connectivity index (χ3v) is 4.99. The van der Waals surface area contributed by atoms with Crippen LogP contribution in [-0.2, 0) is 0 Å². The smallest absolute Gasteiger partial charge is 0.0455 e. The summed E-state index contributed by atoms with van der Waals surface area (Å²) >= 11 is 6.17. The van der Waals surface area contributed by atoms with Crippen molar-refractivity contribution in [3.05, 3.63) is 28.8 Å². The van der Waals surface area contributed by atoms with Gasteiger partial charge in [0.25, 0.3) is 0 Å². The van der Waals surface area contributed by atoms with Gasteiger partial charge in [-0.15, -0.1) is 0 Å². The van der Waals surface area contributed by atoms with Crippen LogP contribution in [0.5, 0.6) is 0 Å². The van der Waals surface area contributed by atoms with Crippen LogP contribution >= 0.6 is 11.6 Å². The number of nitrogens with one attached hydrogen (secondary N) is 1. The Hall–Kier alpha value is -0.690. The molecule has 1 N–H and O–H groups in total. The molecule has 1 aliphatic carbocycles. The standard InChI is InChI=1S/C17H26ClN/c1-12-15(18)6-5-7-16(12)19-14-10-8-13(9-11-14)17(2,3)4/h5-7,13-14,19H,8-11H2,1-4H3. The minimum atomic E-state index is 0.455. The third kappa shape index (κ3) is 3.66. The fraction of sp³-hybridized carbons (Fsp3) is 0.647. The Morgan fingerprint density at radius 2 is 1.74 bits per heavy atom. The molecule has 2 rings (SSSR count). The maximum absolute atomic E-state index is 6.17. The molecule has 1 aromatic carbocycles. The lowest BCUT2D eigenvalue weighted by atomic mass is 9.71. The summed E-state index contributed by atoms with van der Waals surface area (Å²) < 4.78 is 0. The second-order valence-corrected chi connectivity index (χ2v) is 7.38. The van der Waals surface area contributed by atoms with Crippen molar-refractivity contribution in [2.45, 2.75) is 59.4 Å². The van der Waals surface area contributed by atoms with E-state index in [2.05, 4.69) is 39.1 Å². The van der Waals surface area contributed by atoms with Crippen LogP contribution in [0.15, 0.2) is 18.2 Å². The van der Waals surface area contributed by atoms with E-state index < -0.39 is 0 Å². The van der Waals surface area contributed by atoms with Crippen LogP contribution < -0.4 is 5.32 Å². The molecule has 0 heterocycles. The van der Waals surface area contributed by atoms with Gasteiger partial charge in [0.05, 0.1) is 0 Å². The summed E-state index contributed by atoms with van der Waals surface area (Å²) in [6, 6.07) is 6.73. The highest BCUT2D eigenvalue weighted by Gasteiger charge is 2.29. The van der Waals surface area contributed by atoms with Gasteiger partial charge in [0, 0.05) is 16.8 Å². The number of hydrogen-bond donors (Lipinski definition) is 1. The summed E-state index contributed by atoms with van der Waals surface area (Å²) in [5.74, 6) is 0.867. The Morgan fingerprint density at radius 3 is 2.32 bits per heavy atom. The maximum atomic E-state index is 6.17. The summed E-state index contributed by atoms with van der Waals surface area (Å²) in [5, 5.41) is 4.53. The van der Waals surface area contributed by atoms with Crippen molar-refractivity contribution in [3.63, 3.8) is 0 Å². The average Bonchev–Trinajstić information content (AvgIpc) is 2.35. The first kappa shape index (κ1) is 14.7. The molecule has 1 fully saturated rings. The molecule has 1 saturated carbocycles. The zero-order valence-electron chi connectivity index (χ0n) is 12.6. The molecule has 0 atom stereocenters. The average molecular weight is 280 g/mol. The van der Waals surface area contributed by atoms with Crippen molar-refractivity contribution in [1.82, 2.24) is 0 Å². The van der Waals surface area contributed by atoms with Gasteiger partial charge in [0.1, 0.15) is 0 Å². The molecule has 1 aromatic rings. The van der Waals surface area contributed by atoms with Gasteiger partial charge in [-0.25, -0.2) is 0 Å². The van der Waals surface area contributed by atoms with Gasteiger partial charge in [-0.05, 0) is 61.6 Å². The number of benzene rings is 1. The molecule has 0 unspecified atom stereocenters. The van der Waals surface area contributed by atoms with Crippen molar-refractivity contribution in [3.8, 4) is 0 Å². The molecule has 0 radical (unpaired) electrons. The molecule has 0 saturated heterocycles. The van der Waals surface area contributed by atoms with Crippen LogP contribution in [0.2, 0.25) is 5.02 Å². The second-order valence-electron chi connectivity index (χ2n) is 6.97. The lowest BCUT2D eigenvalue weighted by molar-refractivity contribution is 0.173.